The van der Waals surface area contributed by atoms with Crippen LogP contribution in [0.3, 0.4) is 0 Å². The SMILES string of the molecule is Nc1c(C(=O)NCc2ccccc2)nsc1C(=O)NCCc1ccc(Cl)cc1. The van der Waals surface area contributed by atoms with Crippen LogP contribution in [0.4, 0.5) is 5.69 Å². The number of halogens is 1. The average Bonchev–Trinajstić information content (AvgIpc) is 3.10. The van der Waals surface area contributed by atoms with Gasteiger partial charge < -0.3 is 16.4 Å². The number of hydrogen-bond acceptors (Lipinski definition) is 5. The summed E-state index contributed by atoms with van der Waals surface area (Å²) in [6, 6.07) is 16.9. The van der Waals surface area contributed by atoms with E-state index in [1.165, 1.54) is 0 Å². The standard InChI is InChI=1S/C20H19ClN4O2S/c21-15-8-6-13(7-9-15)10-11-23-20(27)18-16(22)17(25-28-18)19(26)24-12-14-4-2-1-3-5-14/h1-9H,10-12,22H2,(H,23,27)(H,24,26). The third kappa shape index (κ3) is 5.09. The molecule has 0 atom stereocenters. The lowest BCUT2D eigenvalue weighted by molar-refractivity contribution is 0.0947. The van der Waals surface area contributed by atoms with Gasteiger partial charge in [0.25, 0.3) is 11.8 Å². The van der Waals surface area contributed by atoms with Gasteiger partial charge in [-0.2, -0.15) is 4.37 Å². The number of nitrogen functional groups attached to an aromatic ring is 1. The number of carbonyl (C=O) groups excluding carboxylic acids is 2. The maximum atomic E-state index is 12.4. The molecule has 2 amide bonds. The number of hydrogen-bond donors (Lipinski definition) is 3. The Bertz CT molecular complexity index is 958. The summed E-state index contributed by atoms with van der Waals surface area (Å²) in [6.45, 7) is 0.798. The van der Waals surface area contributed by atoms with Crippen molar-refractivity contribution in [2.75, 3.05) is 12.3 Å². The van der Waals surface area contributed by atoms with Gasteiger partial charge in [-0.15, -0.1) is 0 Å². The highest BCUT2D eigenvalue weighted by Crippen LogP contribution is 2.21. The Morgan fingerprint density at radius 2 is 1.68 bits per heavy atom. The summed E-state index contributed by atoms with van der Waals surface area (Å²) < 4.78 is 4.05. The van der Waals surface area contributed by atoms with Crippen molar-refractivity contribution in [2.24, 2.45) is 0 Å². The fourth-order valence-electron chi connectivity index (χ4n) is 2.54. The van der Waals surface area contributed by atoms with Gasteiger partial charge in [0, 0.05) is 18.1 Å². The molecule has 1 heterocycles. The van der Waals surface area contributed by atoms with Gasteiger partial charge in [-0.05, 0) is 41.2 Å². The van der Waals surface area contributed by atoms with Crippen LogP contribution < -0.4 is 16.4 Å². The van der Waals surface area contributed by atoms with Gasteiger partial charge in [-0.25, -0.2) is 0 Å². The Labute approximate surface area is 171 Å². The number of amides is 2. The molecule has 0 fully saturated rings. The van der Waals surface area contributed by atoms with Crippen molar-refractivity contribution in [1.29, 1.82) is 0 Å². The van der Waals surface area contributed by atoms with Crippen LogP contribution in [0.15, 0.2) is 54.6 Å². The van der Waals surface area contributed by atoms with E-state index in [2.05, 4.69) is 15.0 Å². The lowest BCUT2D eigenvalue weighted by Crippen LogP contribution is -2.26. The van der Waals surface area contributed by atoms with Gasteiger partial charge in [-0.3, -0.25) is 9.59 Å². The molecule has 28 heavy (non-hydrogen) atoms. The fraction of sp³-hybridized carbons (Fsp3) is 0.150. The summed E-state index contributed by atoms with van der Waals surface area (Å²) in [5.74, 6) is -0.746. The van der Waals surface area contributed by atoms with Crippen molar-refractivity contribution >= 4 is 40.6 Å². The maximum Gasteiger partial charge on any atom is 0.273 e. The first-order chi connectivity index (χ1) is 13.5. The smallest absolute Gasteiger partial charge is 0.273 e. The van der Waals surface area contributed by atoms with Gasteiger partial charge in [0.15, 0.2) is 5.69 Å². The number of nitrogens with one attached hydrogen (secondary N) is 2. The third-order valence-corrected chi connectivity index (χ3v) is 5.17. The van der Waals surface area contributed by atoms with Crippen molar-refractivity contribution in [3.05, 3.63) is 81.3 Å². The van der Waals surface area contributed by atoms with Crippen molar-refractivity contribution in [3.8, 4) is 0 Å². The molecule has 0 aliphatic carbocycles. The highest BCUT2D eigenvalue weighted by atomic mass is 35.5. The first kappa shape index (κ1) is 19.9. The minimum Gasteiger partial charge on any atom is -0.395 e. The van der Waals surface area contributed by atoms with E-state index < -0.39 is 5.91 Å². The van der Waals surface area contributed by atoms with Gasteiger partial charge >= 0.3 is 0 Å². The number of anilines is 1. The second-order valence-corrected chi connectivity index (χ2v) is 7.28. The molecule has 0 saturated carbocycles. The average molecular weight is 415 g/mol. The van der Waals surface area contributed by atoms with Crippen molar-refractivity contribution in [3.63, 3.8) is 0 Å². The van der Waals surface area contributed by atoms with Crippen molar-refractivity contribution in [2.45, 2.75) is 13.0 Å². The molecule has 3 rings (SSSR count). The first-order valence-corrected chi connectivity index (χ1v) is 9.79. The van der Waals surface area contributed by atoms with E-state index in [1.54, 1.807) is 12.1 Å². The van der Waals surface area contributed by atoms with Crippen LogP contribution in [-0.2, 0) is 13.0 Å². The molecule has 0 radical (unpaired) electrons. The predicted molar refractivity (Wildman–Crippen MR) is 112 cm³/mol. The molecule has 1 aromatic heterocycles. The molecule has 6 nitrogen and oxygen atoms in total. The van der Waals surface area contributed by atoms with Crippen LogP contribution in [0.25, 0.3) is 0 Å². The second kappa shape index (κ2) is 9.34. The number of nitrogens with zero attached hydrogens (tertiary/aromatic N) is 1. The summed E-state index contributed by atoms with van der Waals surface area (Å²) >= 11 is 6.77. The van der Waals surface area contributed by atoms with E-state index in [0.717, 1.165) is 22.7 Å². The molecular weight excluding hydrogens is 396 g/mol. The molecular formula is C20H19ClN4O2S. The van der Waals surface area contributed by atoms with Crippen LogP contribution in [0, 0.1) is 0 Å². The number of rotatable bonds is 7. The lowest BCUT2D eigenvalue weighted by atomic mass is 10.1. The minimum absolute atomic E-state index is 0.0729. The largest absolute Gasteiger partial charge is 0.395 e. The van der Waals surface area contributed by atoms with Gasteiger partial charge in [0.05, 0.1) is 5.69 Å². The van der Waals surface area contributed by atoms with E-state index >= 15 is 0 Å². The summed E-state index contributed by atoms with van der Waals surface area (Å²) in [4.78, 5) is 24.9. The highest BCUT2D eigenvalue weighted by Gasteiger charge is 2.21. The molecule has 3 aromatic rings. The number of nitrogens with two attached hydrogens (primary N) is 1. The van der Waals surface area contributed by atoms with Gasteiger partial charge in [0.1, 0.15) is 4.88 Å². The Hall–Kier alpha value is -2.90. The quantitative estimate of drug-likeness (QED) is 0.552. The van der Waals surface area contributed by atoms with Gasteiger partial charge in [-0.1, -0.05) is 54.1 Å². The Morgan fingerprint density at radius 1 is 0.964 bits per heavy atom. The number of aromatic nitrogens is 1. The van der Waals surface area contributed by atoms with Crippen LogP contribution in [0.1, 0.15) is 31.3 Å². The molecule has 144 valence electrons. The zero-order valence-corrected chi connectivity index (χ0v) is 16.5. The summed E-state index contributed by atoms with van der Waals surface area (Å²) in [5.41, 5.74) is 8.18. The van der Waals surface area contributed by atoms with Crippen molar-refractivity contribution in [1.82, 2.24) is 15.0 Å². The van der Waals surface area contributed by atoms with E-state index in [1.807, 2.05) is 42.5 Å². The molecule has 2 aromatic carbocycles. The monoisotopic (exact) mass is 414 g/mol. The zero-order chi connectivity index (χ0) is 19.9. The number of benzene rings is 2. The summed E-state index contributed by atoms with van der Waals surface area (Å²) in [6.07, 6.45) is 0.659. The van der Waals surface area contributed by atoms with Crippen LogP contribution >= 0.6 is 23.1 Å². The van der Waals surface area contributed by atoms with E-state index in [4.69, 9.17) is 17.3 Å². The molecule has 0 unspecified atom stereocenters. The molecule has 0 aliphatic rings. The van der Waals surface area contributed by atoms with Crippen LogP contribution in [-0.4, -0.2) is 22.7 Å². The molecule has 4 N–H and O–H groups in total. The third-order valence-electron chi connectivity index (χ3n) is 4.06. The Balaban J connectivity index is 1.54. The first-order valence-electron chi connectivity index (χ1n) is 8.64. The molecule has 8 heteroatoms. The van der Waals surface area contributed by atoms with E-state index in [0.29, 0.717) is 24.5 Å². The Morgan fingerprint density at radius 3 is 2.39 bits per heavy atom. The molecule has 0 aliphatic heterocycles. The predicted octanol–water partition coefficient (Wildman–Crippen LogP) is 3.28. The lowest BCUT2D eigenvalue weighted by Gasteiger charge is -2.06. The highest BCUT2D eigenvalue weighted by molar-refractivity contribution is 7.09. The summed E-state index contributed by atoms with van der Waals surface area (Å²) in [7, 11) is 0. The van der Waals surface area contributed by atoms with E-state index in [9.17, 15) is 9.59 Å². The number of carbonyl (C=O) groups is 2. The Kier molecular flexibility index (Phi) is 6.62. The van der Waals surface area contributed by atoms with E-state index in [-0.39, 0.29) is 22.2 Å². The minimum atomic E-state index is -0.405. The normalized spacial score (nSPS) is 10.5. The zero-order valence-electron chi connectivity index (χ0n) is 14.9. The molecule has 0 saturated heterocycles. The van der Waals surface area contributed by atoms with Crippen molar-refractivity contribution < 1.29 is 9.59 Å². The van der Waals surface area contributed by atoms with Crippen LogP contribution in [0.5, 0.6) is 0 Å². The second-order valence-electron chi connectivity index (χ2n) is 6.07. The summed E-state index contributed by atoms with van der Waals surface area (Å²) in [5, 5.41) is 6.23. The van der Waals surface area contributed by atoms with Crippen LogP contribution in [0.2, 0.25) is 5.02 Å². The topological polar surface area (TPSA) is 97.1 Å². The molecule has 0 spiro atoms. The fourth-order valence-corrected chi connectivity index (χ4v) is 3.38. The maximum absolute atomic E-state index is 12.4. The molecule has 0 bridgehead atoms. The van der Waals surface area contributed by atoms with Gasteiger partial charge in [0.2, 0.25) is 0 Å².